The maximum absolute atomic E-state index is 10.5. The average molecular weight is 295 g/mol. The van der Waals surface area contributed by atoms with E-state index >= 15 is 0 Å². The Kier molecular flexibility index (Phi) is 4.20. The van der Waals surface area contributed by atoms with Gasteiger partial charge >= 0.3 is 0 Å². The molecule has 20 heavy (non-hydrogen) atoms. The van der Waals surface area contributed by atoms with Crippen LogP contribution in [0.15, 0.2) is 0 Å². The van der Waals surface area contributed by atoms with E-state index in [1.165, 1.54) is 29.5 Å². The van der Waals surface area contributed by atoms with Gasteiger partial charge in [-0.15, -0.1) is 0 Å². The monoisotopic (exact) mass is 294 g/mol. The first-order valence-electron chi connectivity index (χ1n) is 7.63. The van der Waals surface area contributed by atoms with E-state index in [1.54, 1.807) is 0 Å². The summed E-state index contributed by atoms with van der Waals surface area (Å²) in [5.41, 5.74) is 4.89. The Hall–Kier alpha value is -0.770. The van der Waals surface area contributed by atoms with E-state index < -0.39 is 0 Å². The molecular weight excluding hydrogens is 272 g/mol. The van der Waals surface area contributed by atoms with Gasteiger partial charge in [0.05, 0.1) is 5.02 Å². The van der Waals surface area contributed by atoms with Gasteiger partial charge in [-0.05, 0) is 49.3 Å². The van der Waals surface area contributed by atoms with Gasteiger partial charge in [-0.2, -0.15) is 0 Å². The number of phenols is 1. The Morgan fingerprint density at radius 1 is 1.15 bits per heavy atom. The van der Waals surface area contributed by atoms with E-state index in [0.29, 0.717) is 10.8 Å². The number of hydrogen-bond donors (Lipinski definition) is 2. The predicted octanol–water partition coefficient (Wildman–Crippen LogP) is 2.64. The quantitative estimate of drug-likeness (QED) is 0.880. The third-order valence-corrected chi connectivity index (χ3v) is 5.13. The van der Waals surface area contributed by atoms with Gasteiger partial charge in [0.25, 0.3) is 0 Å². The molecule has 0 aromatic heterocycles. The van der Waals surface area contributed by atoms with E-state index in [4.69, 9.17) is 11.6 Å². The minimum absolute atomic E-state index is 0.323. The lowest BCUT2D eigenvalue weighted by molar-refractivity contribution is 0.230. The molecule has 110 valence electrons. The average Bonchev–Trinajstić information content (AvgIpc) is 2.50. The molecule has 0 saturated carbocycles. The molecule has 2 N–H and O–H groups in total. The molecule has 1 fully saturated rings. The number of phenolic OH excluding ortho intramolecular Hbond substituents is 1. The highest BCUT2D eigenvalue weighted by molar-refractivity contribution is 6.33. The molecule has 0 atom stereocenters. The molecule has 2 aliphatic rings. The first-order chi connectivity index (χ1) is 9.68. The number of nitrogens with one attached hydrogen (secondary N) is 1. The molecule has 1 aromatic rings. The Balaban J connectivity index is 1.95. The maximum atomic E-state index is 10.5. The molecule has 1 aromatic carbocycles. The first kappa shape index (κ1) is 14.2. The lowest BCUT2D eigenvalue weighted by Gasteiger charge is -2.30. The van der Waals surface area contributed by atoms with Gasteiger partial charge in [0.15, 0.2) is 0 Å². The number of hydrogen-bond acceptors (Lipinski definition) is 3. The molecule has 0 bridgehead atoms. The van der Waals surface area contributed by atoms with E-state index in [2.05, 4.69) is 17.1 Å². The standard InChI is InChI=1S/C16H23ClN2O/c1-11-12-4-2-3-5-13(12)15(17)16(20)14(11)10-19-8-6-18-7-9-19/h18,20H,2-10H2,1H3. The van der Waals surface area contributed by atoms with Crippen molar-refractivity contribution >= 4 is 11.6 Å². The minimum atomic E-state index is 0.323. The minimum Gasteiger partial charge on any atom is -0.506 e. The molecule has 1 heterocycles. The van der Waals surface area contributed by atoms with Crippen LogP contribution >= 0.6 is 11.6 Å². The van der Waals surface area contributed by atoms with E-state index in [1.807, 2.05) is 0 Å². The van der Waals surface area contributed by atoms with Crippen LogP contribution in [0.3, 0.4) is 0 Å². The molecule has 3 nitrogen and oxygen atoms in total. The SMILES string of the molecule is Cc1c(CN2CCNCC2)c(O)c(Cl)c2c1CCCC2. The molecule has 0 spiro atoms. The number of rotatable bonds is 2. The van der Waals surface area contributed by atoms with Crippen molar-refractivity contribution in [3.8, 4) is 5.75 Å². The third-order valence-electron chi connectivity index (χ3n) is 4.72. The van der Waals surface area contributed by atoms with Crippen LogP contribution in [0.2, 0.25) is 5.02 Å². The number of aromatic hydroxyl groups is 1. The molecule has 1 aliphatic carbocycles. The summed E-state index contributed by atoms with van der Waals surface area (Å²) in [6.07, 6.45) is 4.54. The smallest absolute Gasteiger partial charge is 0.139 e. The second-order valence-electron chi connectivity index (χ2n) is 5.96. The van der Waals surface area contributed by atoms with Crippen molar-refractivity contribution in [2.45, 2.75) is 39.2 Å². The van der Waals surface area contributed by atoms with Crippen LogP contribution in [0.25, 0.3) is 0 Å². The summed E-state index contributed by atoms with van der Waals surface area (Å²) < 4.78 is 0. The summed E-state index contributed by atoms with van der Waals surface area (Å²) in [5, 5.41) is 14.5. The van der Waals surface area contributed by atoms with Crippen molar-refractivity contribution in [1.29, 1.82) is 0 Å². The summed E-state index contributed by atoms with van der Waals surface area (Å²) in [5.74, 6) is 0.323. The fraction of sp³-hybridized carbons (Fsp3) is 0.625. The van der Waals surface area contributed by atoms with Crippen molar-refractivity contribution < 1.29 is 5.11 Å². The van der Waals surface area contributed by atoms with Gasteiger partial charge in [-0.25, -0.2) is 0 Å². The summed E-state index contributed by atoms with van der Waals surface area (Å²) in [6.45, 7) is 7.09. The van der Waals surface area contributed by atoms with Crippen LogP contribution in [0.5, 0.6) is 5.75 Å². The molecular formula is C16H23ClN2O. The van der Waals surface area contributed by atoms with Crippen molar-refractivity contribution in [3.05, 3.63) is 27.3 Å². The zero-order valence-electron chi connectivity index (χ0n) is 12.1. The molecule has 0 radical (unpaired) electrons. The maximum Gasteiger partial charge on any atom is 0.139 e. The third kappa shape index (κ3) is 2.54. The van der Waals surface area contributed by atoms with Crippen molar-refractivity contribution in [2.75, 3.05) is 26.2 Å². The van der Waals surface area contributed by atoms with Gasteiger partial charge in [-0.1, -0.05) is 11.6 Å². The normalized spacial score (nSPS) is 19.9. The van der Waals surface area contributed by atoms with Gasteiger partial charge < -0.3 is 10.4 Å². The van der Waals surface area contributed by atoms with Crippen LogP contribution in [0.1, 0.15) is 35.1 Å². The highest BCUT2D eigenvalue weighted by atomic mass is 35.5. The highest BCUT2D eigenvalue weighted by Gasteiger charge is 2.23. The predicted molar refractivity (Wildman–Crippen MR) is 82.6 cm³/mol. The summed E-state index contributed by atoms with van der Waals surface area (Å²) in [7, 11) is 0. The van der Waals surface area contributed by atoms with Crippen LogP contribution < -0.4 is 5.32 Å². The molecule has 0 amide bonds. The summed E-state index contributed by atoms with van der Waals surface area (Å²) in [6, 6.07) is 0. The largest absolute Gasteiger partial charge is 0.506 e. The Morgan fingerprint density at radius 3 is 2.50 bits per heavy atom. The van der Waals surface area contributed by atoms with Gasteiger partial charge in [0.2, 0.25) is 0 Å². The van der Waals surface area contributed by atoms with Crippen molar-refractivity contribution in [3.63, 3.8) is 0 Å². The van der Waals surface area contributed by atoms with E-state index in [-0.39, 0.29) is 0 Å². The Bertz CT molecular complexity index is 510. The molecule has 3 rings (SSSR count). The number of halogens is 1. The molecule has 1 saturated heterocycles. The van der Waals surface area contributed by atoms with Crippen molar-refractivity contribution in [1.82, 2.24) is 10.2 Å². The van der Waals surface area contributed by atoms with Gasteiger partial charge in [0, 0.05) is 38.3 Å². The molecule has 1 aliphatic heterocycles. The van der Waals surface area contributed by atoms with Gasteiger partial charge in [0.1, 0.15) is 5.75 Å². The number of piperazine rings is 1. The van der Waals surface area contributed by atoms with Gasteiger partial charge in [-0.3, -0.25) is 4.90 Å². The zero-order chi connectivity index (χ0) is 14.1. The van der Waals surface area contributed by atoms with Crippen LogP contribution in [-0.2, 0) is 19.4 Å². The molecule has 0 unspecified atom stereocenters. The second kappa shape index (κ2) is 5.92. The highest BCUT2D eigenvalue weighted by Crippen LogP contribution is 2.40. The van der Waals surface area contributed by atoms with Crippen LogP contribution in [0, 0.1) is 6.92 Å². The Morgan fingerprint density at radius 2 is 1.80 bits per heavy atom. The van der Waals surface area contributed by atoms with E-state index in [9.17, 15) is 5.11 Å². The zero-order valence-corrected chi connectivity index (χ0v) is 12.9. The lowest BCUT2D eigenvalue weighted by Crippen LogP contribution is -2.43. The van der Waals surface area contributed by atoms with Crippen LogP contribution in [-0.4, -0.2) is 36.2 Å². The second-order valence-corrected chi connectivity index (χ2v) is 6.33. The fourth-order valence-corrected chi connectivity index (χ4v) is 3.81. The van der Waals surface area contributed by atoms with Crippen molar-refractivity contribution in [2.24, 2.45) is 0 Å². The van der Waals surface area contributed by atoms with E-state index in [0.717, 1.165) is 51.1 Å². The number of fused-ring (bicyclic) bond motifs is 1. The summed E-state index contributed by atoms with van der Waals surface area (Å²) in [4.78, 5) is 2.39. The first-order valence-corrected chi connectivity index (χ1v) is 8.01. The Labute approximate surface area is 125 Å². The molecule has 4 heteroatoms. The topological polar surface area (TPSA) is 35.5 Å². The summed E-state index contributed by atoms with van der Waals surface area (Å²) >= 11 is 6.43. The number of benzene rings is 1. The number of nitrogens with zero attached hydrogens (tertiary/aromatic N) is 1. The lowest BCUT2D eigenvalue weighted by atomic mass is 9.85. The van der Waals surface area contributed by atoms with Crippen LogP contribution in [0.4, 0.5) is 0 Å². The fourth-order valence-electron chi connectivity index (χ4n) is 3.48.